The molecular formula is C12H13ClF3NO2. The zero-order valence-electron chi connectivity index (χ0n) is 10.6. The highest BCUT2D eigenvalue weighted by molar-refractivity contribution is 6.31. The van der Waals surface area contributed by atoms with Crippen LogP contribution in [-0.2, 0) is 22.1 Å². The molecular weight excluding hydrogens is 283 g/mol. The predicted molar refractivity (Wildman–Crippen MR) is 63.8 cm³/mol. The fourth-order valence-electron chi connectivity index (χ4n) is 1.27. The van der Waals surface area contributed by atoms with Gasteiger partial charge in [-0.2, -0.15) is 13.2 Å². The van der Waals surface area contributed by atoms with Crippen molar-refractivity contribution in [1.29, 1.82) is 0 Å². The second-order valence-corrected chi connectivity index (χ2v) is 5.32. The quantitative estimate of drug-likeness (QED) is 0.782. The van der Waals surface area contributed by atoms with Gasteiger partial charge in [0, 0.05) is 6.20 Å². The minimum absolute atomic E-state index is 0.0592. The van der Waals surface area contributed by atoms with Crippen LogP contribution in [0.4, 0.5) is 13.2 Å². The molecule has 0 aliphatic rings. The monoisotopic (exact) mass is 295 g/mol. The van der Waals surface area contributed by atoms with Crippen LogP contribution in [0.25, 0.3) is 0 Å². The average Bonchev–Trinajstić information content (AvgIpc) is 2.16. The summed E-state index contributed by atoms with van der Waals surface area (Å²) in [5, 5.41) is -0.208. The van der Waals surface area contributed by atoms with Crippen LogP contribution in [-0.4, -0.2) is 16.6 Å². The van der Waals surface area contributed by atoms with E-state index in [1.807, 2.05) is 0 Å². The van der Waals surface area contributed by atoms with Crippen LogP contribution < -0.4 is 0 Å². The third-order valence-electron chi connectivity index (χ3n) is 1.98. The summed E-state index contributed by atoms with van der Waals surface area (Å²) in [6, 6.07) is 0.744. The molecule has 0 bridgehead atoms. The standard InChI is InChI=1S/C12H13ClF3NO2/c1-11(2,3)19-10(18)5-9-8(13)4-7(6-17-9)12(14,15)16/h4,6H,5H2,1-3H3. The Morgan fingerprint density at radius 3 is 2.37 bits per heavy atom. The number of alkyl halides is 3. The van der Waals surface area contributed by atoms with Gasteiger partial charge >= 0.3 is 12.1 Å². The number of hydrogen-bond donors (Lipinski definition) is 0. The van der Waals surface area contributed by atoms with Gasteiger partial charge in [-0.25, -0.2) is 0 Å². The van der Waals surface area contributed by atoms with Gasteiger partial charge in [0.2, 0.25) is 0 Å². The molecule has 7 heteroatoms. The first-order chi connectivity index (χ1) is 8.49. The second-order valence-electron chi connectivity index (χ2n) is 4.91. The van der Waals surface area contributed by atoms with E-state index >= 15 is 0 Å². The summed E-state index contributed by atoms with van der Waals surface area (Å²) in [6.45, 7) is 5.06. The summed E-state index contributed by atoms with van der Waals surface area (Å²) in [7, 11) is 0. The van der Waals surface area contributed by atoms with E-state index in [9.17, 15) is 18.0 Å². The summed E-state index contributed by atoms with van der Waals surface area (Å²) in [5.41, 5.74) is -1.57. The molecule has 0 spiro atoms. The molecule has 0 saturated heterocycles. The van der Waals surface area contributed by atoms with E-state index in [1.165, 1.54) is 0 Å². The highest BCUT2D eigenvalue weighted by atomic mass is 35.5. The topological polar surface area (TPSA) is 39.2 Å². The smallest absolute Gasteiger partial charge is 0.417 e. The number of esters is 1. The van der Waals surface area contributed by atoms with Gasteiger partial charge in [0.05, 0.1) is 22.7 Å². The first-order valence-electron chi connectivity index (χ1n) is 5.42. The Hall–Kier alpha value is -1.30. The maximum atomic E-state index is 12.4. The number of halogens is 4. The van der Waals surface area contributed by atoms with Crippen LogP contribution in [0.1, 0.15) is 32.0 Å². The van der Waals surface area contributed by atoms with E-state index < -0.39 is 23.3 Å². The summed E-state index contributed by atoms with van der Waals surface area (Å²) in [6.07, 6.45) is -4.14. The molecule has 0 aliphatic carbocycles. The van der Waals surface area contributed by atoms with E-state index in [0.29, 0.717) is 6.20 Å². The number of carbonyl (C=O) groups is 1. The first-order valence-corrected chi connectivity index (χ1v) is 5.80. The van der Waals surface area contributed by atoms with Crippen LogP contribution in [0.15, 0.2) is 12.3 Å². The summed E-state index contributed by atoms with van der Waals surface area (Å²) >= 11 is 5.68. The Bertz CT molecular complexity index is 481. The average molecular weight is 296 g/mol. The molecule has 0 saturated carbocycles. The van der Waals surface area contributed by atoms with Crippen LogP contribution in [0.5, 0.6) is 0 Å². The van der Waals surface area contributed by atoms with Crippen LogP contribution in [0.3, 0.4) is 0 Å². The van der Waals surface area contributed by atoms with Gasteiger partial charge < -0.3 is 4.74 Å². The highest BCUT2D eigenvalue weighted by Gasteiger charge is 2.31. The van der Waals surface area contributed by atoms with Crippen molar-refractivity contribution in [1.82, 2.24) is 4.98 Å². The molecule has 1 aromatic heterocycles. The third-order valence-corrected chi connectivity index (χ3v) is 2.30. The van der Waals surface area contributed by atoms with Crippen molar-refractivity contribution < 1.29 is 22.7 Å². The lowest BCUT2D eigenvalue weighted by Crippen LogP contribution is -2.25. The predicted octanol–water partition coefficient (Wildman–Crippen LogP) is 3.64. The lowest BCUT2D eigenvalue weighted by molar-refractivity contribution is -0.154. The first kappa shape index (κ1) is 15.8. The molecule has 0 aliphatic heterocycles. The molecule has 1 rings (SSSR count). The maximum Gasteiger partial charge on any atom is 0.417 e. The Labute approximate surface area is 113 Å². The normalized spacial score (nSPS) is 12.4. The van der Waals surface area contributed by atoms with E-state index in [-0.39, 0.29) is 17.1 Å². The SMILES string of the molecule is CC(C)(C)OC(=O)Cc1ncc(C(F)(F)F)cc1Cl. The van der Waals surface area contributed by atoms with Crippen molar-refractivity contribution >= 4 is 17.6 Å². The van der Waals surface area contributed by atoms with Gasteiger partial charge in [-0.15, -0.1) is 0 Å². The molecule has 0 aromatic carbocycles. The number of carbonyl (C=O) groups excluding carboxylic acids is 1. The minimum atomic E-state index is -4.51. The third kappa shape index (κ3) is 5.06. The van der Waals surface area contributed by atoms with Crippen molar-refractivity contribution in [2.45, 2.75) is 39.0 Å². The number of ether oxygens (including phenoxy) is 1. The van der Waals surface area contributed by atoms with Crippen molar-refractivity contribution in [2.24, 2.45) is 0 Å². The van der Waals surface area contributed by atoms with Gasteiger partial charge in [-0.3, -0.25) is 9.78 Å². The van der Waals surface area contributed by atoms with Gasteiger partial charge in [0.1, 0.15) is 5.60 Å². The van der Waals surface area contributed by atoms with Gasteiger partial charge in [0.15, 0.2) is 0 Å². The molecule has 0 radical (unpaired) electrons. The van der Waals surface area contributed by atoms with Crippen LogP contribution >= 0.6 is 11.6 Å². The summed E-state index contributed by atoms with van der Waals surface area (Å²) < 4.78 is 42.2. The maximum absolute atomic E-state index is 12.4. The Balaban J connectivity index is 2.84. The molecule has 0 N–H and O–H groups in total. The van der Waals surface area contributed by atoms with Crippen molar-refractivity contribution in [2.75, 3.05) is 0 Å². The summed E-state index contributed by atoms with van der Waals surface area (Å²) in [5.74, 6) is -0.596. The second kappa shape index (κ2) is 5.36. The molecule has 19 heavy (non-hydrogen) atoms. The molecule has 0 fully saturated rings. The Kier molecular flexibility index (Phi) is 4.45. The number of hydrogen-bond acceptors (Lipinski definition) is 3. The minimum Gasteiger partial charge on any atom is -0.460 e. The Morgan fingerprint density at radius 1 is 1.37 bits per heavy atom. The number of pyridine rings is 1. The zero-order valence-corrected chi connectivity index (χ0v) is 11.4. The molecule has 3 nitrogen and oxygen atoms in total. The van der Waals surface area contributed by atoms with Crippen LogP contribution in [0.2, 0.25) is 5.02 Å². The lowest BCUT2D eigenvalue weighted by Gasteiger charge is -2.19. The Morgan fingerprint density at radius 2 is 1.95 bits per heavy atom. The van der Waals surface area contributed by atoms with E-state index in [0.717, 1.165) is 6.07 Å². The molecule has 106 valence electrons. The fourth-order valence-corrected chi connectivity index (χ4v) is 1.50. The summed E-state index contributed by atoms with van der Waals surface area (Å²) in [4.78, 5) is 15.1. The zero-order chi connectivity index (χ0) is 14.8. The van der Waals surface area contributed by atoms with E-state index in [2.05, 4.69) is 4.98 Å². The molecule has 1 aromatic rings. The number of nitrogens with zero attached hydrogens (tertiary/aromatic N) is 1. The van der Waals surface area contributed by atoms with Gasteiger partial charge in [-0.1, -0.05) is 11.6 Å². The van der Waals surface area contributed by atoms with E-state index in [4.69, 9.17) is 16.3 Å². The highest BCUT2D eigenvalue weighted by Crippen LogP contribution is 2.31. The van der Waals surface area contributed by atoms with Crippen molar-refractivity contribution in [3.05, 3.63) is 28.5 Å². The fraction of sp³-hybridized carbons (Fsp3) is 0.500. The largest absolute Gasteiger partial charge is 0.460 e. The van der Waals surface area contributed by atoms with Crippen LogP contribution in [0, 0.1) is 0 Å². The van der Waals surface area contributed by atoms with E-state index in [1.54, 1.807) is 20.8 Å². The van der Waals surface area contributed by atoms with Crippen molar-refractivity contribution in [3.8, 4) is 0 Å². The number of aromatic nitrogens is 1. The molecule has 0 atom stereocenters. The lowest BCUT2D eigenvalue weighted by atomic mass is 10.2. The molecule has 0 amide bonds. The number of rotatable bonds is 2. The van der Waals surface area contributed by atoms with Gasteiger partial charge in [0.25, 0.3) is 0 Å². The van der Waals surface area contributed by atoms with Gasteiger partial charge in [-0.05, 0) is 26.8 Å². The molecule has 0 unspecified atom stereocenters. The molecule has 1 heterocycles. The van der Waals surface area contributed by atoms with Crippen molar-refractivity contribution in [3.63, 3.8) is 0 Å².